The Morgan fingerprint density at radius 2 is 1.58 bits per heavy atom. The van der Waals surface area contributed by atoms with Crippen molar-refractivity contribution >= 4 is 69.6 Å². The molecule has 0 fully saturated rings. The van der Waals surface area contributed by atoms with Crippen molar-refractivity contribution in [2.24, 2.45) is 0 Å². The van der Waals surface area contributed by atoms with Crippen LogP contribution in [-0.2, 0) is 9.59 Å². The highest BCUT2D eigenvalue weighted by molar-refractivity contribution is 6.53. The first-order chi connectivity index (χ1) is 15.7. The van der Waals surface area contributed by atoms with Crippen molar-refractivity contribution in [1.29, 1.82) is 0 Å². The predicted octanol–water partition coefficient (Wildman–Crippen LogP) is 5.82. The summed E-state index contributed by atoms with van der Waals surface area (Å²) in [4.78, 5) is 39.0. The lowest BCUT2D eigenvalue weighted by atomic mass is 10.1. The van der Waals surface area contributed by atoms with Gasteiger partial charge in [-0.1, -0.05) is 40.9 Å². The highest BCUT2D eigenvalue weighted by Gasteiger charge is 2.39. The second-order valence-corrected chi connectivity index (χ2v) is 8.12. The number of halogens is 4. The van der Waals surface area contributed by atoms with Gasteiger partial charge in [-0.05, 0) is 60.7 Å². The Hall–Kier alpha value is -3.39. The molecule has 0 saturated carbocycles. The van der Waals surface area contributed by atoms with E-state index in [0.29, 0.717) is 22.1 Å². The molecular formula is C23H13Cl3FN3O3. The molecule has 0 saturated heterocycles. The van der Waals surface area contributed by atoms with Gasteiger partial charge in [0, 0.05) is 22.0 Å². The van der Waals surface area contributed by atoms with E-state index in [0.717, 1.165) is 11.0 Å². The zero-order chi connectivity index (χ0) is 23.7. The lowest BCUT2D eigenvalue weighted by Gasteiger charge is -2.15. The van der Waals surface area contributed by atoms with E-state index >= 15 is 0 Å². The first-order valence-electron chi connectivity index (χ1n) is 9.42. The van der Waals surface area contributed by atoms with Gasteiger partial charge in [-0.2, -0.15) is 0 Å². The summed E-state index contributed by atoms with van der Waals surface area (Å²) in [6, 6.07) is 16.2. The van der Waals surface area contributed by atoms with Crippen LogP contribution in [0.5, 0.6) is 0 Å². The van der Waals surface area contributed by atoms with Crippen LogP contribution in [0.1, 0.15) is 10.4 Å². The van der Waals surface area contributed by atoms with Gasteiger partial charge in [0.1, 0.15) is 16.5 Å². The fourth-order valence-corrected chi connectivity index (χ4v) is 3.61. The van der Waals surface area contributed by atoms with Crippen molar-refractivity contribution in [2.45, 2.75) is 0 Å². The number of hydrogen-bond acceptors (Lipinski definition) is 4. The first kappa shape index (κ1) is 22.8. The predicted molar refractivity (Wildman–Crippen MR) is 126 cm³/mol. The van der Waals surface area contributed by atoms with Crippen molar-refractivity contribution in [3.8, 4) is 0 Å². The van der Waals surface area contributed by atoms with Crippen molar-refractivity contribution in [1.82, 2.24) is 0 Å². The summed E-state index contributed by atoms with van der Waals surface area (Å²) in [5, 5.41) is 5.47. The van der Waals surface area contributed by atoms with E-state index in [1.165, 1.54) is 30.3 Å². The number of benzene rings is 3. The number of carbonyl (C=O) groups excluding carboxylic acids is 3. The molecule has 10 heteroatoms. The smallest absolute Gasteiger partial charge is 0.283 e. The third-order valence-electron chi connectivity index (χ3n) is 4.68. The molecule has 0 spiro atoms. The molecule has 0 bridgehead atoms. The lowest BCUT2D eigenvalue weighted by molar-refractivity contribution is -0.120. The van der Waals surface area contributed by atoms with E-state index in [1.54, 1.807) is 30.3 Å². The van der Waals surface area contributed by atoms with E-state index < -0.39 is 23.5 Å². The van der Waals surface area contributed by atoms with Crippen LogP contribution in [0.3, 0.4) is 0 Å². The molecule has 2 N–H and O–H groups in total. The minimum absolute atomic E-state index is 0.125. The van der Waals surface area contributed by atoms with Crippen LogP contribution in [0.25, 0.3) is 0 Å². The average molecular weight is 505 g/mol. The number of carbonyl (C=O) groups is 3. The quantitative estimate of drug-likeness (QED) is 0.429. The molecule has 33 heavy (non-hydrogen) atoms. The topological polar surface area (TPSA) is 78.5 Å². The summed E-state index contributed by atoms with van der Waals surface area (Å²) in [6.45, 7) is 0. The zero-order valence-electron chi connectivity index (χ0n) is 16.5. The van der Waals surface area contributed by atoms with Crippen LogP contribution in [-0.4, -0.2) is 17.7 Å². The molecule has 1 aliphatic heterocycles. The molecule has 0 atom stereocenters. The van der Waals surface area contributed by atoms with Crippen LogP contribution >= 0.6 is 34.8 Å². The van der Waals surface area contributed by atoms with Crippen molar-refractivity contribution in [3.05, 3.63) is 98.9 Å². The third kappa shape index (κ3) is 4.71. The fourth-order valence-electron chi connectivity index (χ4n) is 3.10. The van der Waals surface area contributed by atoms with Crippen molar-refractivity contribution in [3.63, 3.8) is 0 Å². The van der Waals surface area contributed by atoms with Gasteiger partial charge in [0.2, 0.25) is 0 Å². The molecule has 0 aromatic heterocycles. The van der Waals surface area contributed by atoms with Crippen LogP contribution in [0, 0.1) is 5.82 Å². The Labute approximate surface area is 202 Å². The molecule has 6 nitrogen and oxygen atoms in total. The van der Waals surface area contributed by atoms with E-state index in [2.05, 4.69) is 10.6 Å². The van der Waals surface area contributed by atoms with Gasteiger partial charge >= 0.3 is 0 Å². The summed E-state index contributed by atoms with van der Waals surface area (Å²) in [5.41, 5.74) is 1.09. The maximum atomic E-state index is 13.3. The van der Waals surface area contributed by atoms with E-state index in [4.69, 9.17) is 34.8 Å². The standard InChI is InChI=1S/C23H13Cl3FN3O3/c24-13-4-7-16(8-5-13)30-22(32)19(26)20(23(30)33)28-14-3-1-2-12(10-14)21(31)29-15-6-9-18(27)17(25)11-15/h1-11,28H,(H,29,31). The van der Waals surface area contributed by atoms with Gasteiger partial charge < -0.3 is 10.6 Å². The maximum Gasteiger partial charge on any atom is 0.283 e. The number of nitrogens with zero attached hydrogens (tertiary/aromatic N) is 1. The molecule has 4 rings (SSSR count). The Morgan fingerprint density at radius 1 is 0.848 bits per heavy atom. The van der Waals surface area contributed by atoms with Crippen molar-refractivity contribution in [2.75, 3.05) is 15.5 Å². The molecule has 3 amide bonds. The summed E-state index contributed by atoms with van der Waals surface area (Å²) < 4.78 is 13.3. The normalized spacial score (nSPS) is 13.5. The molecule has 3 aromatic carbocycles. The molecule has 1 heterocycles. The lowest BCUT2D eigenvalue weighted by Crippen LogP contribution is -2.32. The largest absolute Gasteiger partial charge is 0.350 e. The Bertz CT molecular complexity index is 1330. The fraction of sp³-hybridized carbons (Fsp3) is 0. The SMILES string of the molecule is O=C(Nc1ccc(F)c(Cl)c1)c1cccc(NC2=C(Cl)C(=O)N(c3ccc(Cl)cc3)C2=O)c1. The van der Waals surface area contributed by atoms with Crippen LogP contribution in [0.2, 0.25) is 10.0 Å². The van der Waals surface area contributed by atoms with Gasteiger partial charge in [0.15, 0.2) is 0 Å². The summed E-state index contributed by atoms with van der Waals surface area (Å²) in [5.74, 6) is -2.43. The summed E-state index contributed by atoms with van der Waals surface area (Å²) in [7, 11) is 0. The second kappa shape index (κ2) is 9.23. The van der Waals surface area contributed by atoms with Crippen LogP contribution in [0.15, 0.2) is 77.5 Å². The number of hydrogen-bond donors (Lipinski definition) is 2. The van der Waals surface area contributed by atoms with Gasteiger partial charge in [-0.3, -0.25) is 14.4 Å². The van der Waals surface area contributed by atoms with Gasteiger partial charge in [0.25, 0.3) is 17.7 Å². The number of anilines is 3. The zero-order valence-corrected chi connectivity index (χ0v) is 18.8. The minimum atomic E-state index is -0.687. The third-order valence-corrected chi connectivity index (χ3v) is 5.58. The summed E-state index contributed by atoms with van der Waals surface area (Å²) >= 11 is 17.8. The molecule has 1 aliphatic rings. The Kier molecular flexibility index (Phi) is 6.37. The van der Waals surface area contributed by atoms with Crippen LogP contribution < -0.4 is 15.5 Å². The van der Waals surface area contributed by atoms with Crippen LogP contribution in [0.4, 0.5) is 21.5 Å². The molecule has 0 radical (unpaired) electrons. The number of nitrogens with one attached hydrogen (secondary N) is 2. The molecule has 3 aromatic rings. The highest BCUT2D eigenvalue weighted by Crippen LogP contribution is 2.31. The number of imide groups is 1. The molecule has 166 valence electrons. The highest BCUT2D eigenvalue weighted by atomic mass is 35.5. The monoisotopic (exact) mass is 503 g/mol. The second-order valence-electron chi connectivity index (χ2n) is 6.90. The van der Waals surface area contributed by atoms with E-state index in [-0.39, 0.29) is 21.3 Å². The number of rotatable bonds is 5. The molecule has 0 unspecified atom stereocenters. The van der Waals surface area contributed by atoms with Gasteiger partial charge in [-0.25, -0.2) is 9.29 Å². The molecule has 0 aliphatic carbocycles. The van der Waals surface area contributed by atoms with E-state index in [9.17, 15) is 18.8 Å². The summed E-state index contributed by atoms with van der Waals surface area (Å²) in [6.07, 6.45) is 0. The maximum absolute atomic E-state index is 13.3. The minimum Gasteiger partial charge on any atom is -0.350 e. The number of amides is 3. The van der Waals surface area contributed by atoms with Gasteiger partial charge in [0.05, 0.1) is 10.7 Å². The average Bonchev–Trinajstić information content (AvgIpc) is 3.00. The Morgan fingerprint density at radius 3 is 2.27 bits per heavy atom. The van der Waals surface area contributed by atoms with E-state index in [1.807, 2.05) is 0 Å². The van der Waals surface area contributed by atoms with Gasteiger partial charge in [-0.15, -0.1) is 0 Å². The Balaban J connectivity index is 1.53. The first-order valence-corrected chi connectivity index (χ1v) is 10.6. The molecular weight excluding hydrogens is 492 g/mol. The van der Waals surface area contributed by atoms with Crippen molar-refractivity contribution < 1.29 is 18.8 Å².